The third kappa shape index (κ3) is 2.98. The first kappa shape index (κ1) is 13.7. The van der Waals surface area contributed by atoms with E-state index in [0.29, 0.717) is 17.9 Å². The van der Waals surface area contributed by atoms with Gasteiger partial charge in [-0.2, -0.15) is 5.26 Å². The Kier molecular flexibility index (Phi) is 4.40. The number of methoxy groups -OCH3 is 2. The van der Waals surface area contributed by atoms with Crippen LogP contribution in [-0.2, 0) is 6.54 Å². The number of ether oxygens (including phenoxy) is 2. The van der Waals surface area contributed by atoms with Gasteiger partial charge < -0.3 is 14.8 Å². The highest BCUT2D eigenvalue weighted by atomic mass is 16.5. The number of aromatic nitrogens is 1. The highest BCUT2D eigenvalue weighted by molar-refractivity contribution is 5.54. The van der Waals surface area contributed by atoms with E-state index in [-0.39, 0.29) is 0 Å². The molecule has 0 unspecified atom stereocenters. The second-order valence-corrected chi connectivity index (χ2v) is 4.04. The number of nitriles is 1. The zero-order valence-corrected chi connectivity index (χ0v) is 11.4. The zero-order valence-electron chi connectivity index (χ0n) is 11.4. The van der Waals surface area contributed by atoms with Crippen LogP contribution in [0.2, 0.25) is 0 Å². The molecule has 5 heteroatoms. The summed E-state index contributed by atoms with van der Waals surface area (Å²) in [6.07, 6.45) is 1.59. The Bertz CT molecular complexity index is 635. The Morgan fingerprint density at radius 3 is 2.80 bits per heavy atom. The van der Waals surface area contributed by atoms with Crippen LogP contribution in [0.1, 0.15) is 11.3 Å². The first-order valence-corrected chi connectivity index (χ1v) is 6.08. The van der Waals surface area contributed by atoms with Crippen molar-refractivity contribution in [2.45, 2.75) is 6.54 Å². The van der Waals surface area contributed by atoms with E-state index < -0.39 is 0 Å². The molecule has 0 bridgehead atoms. The van der Waals surface area contributed by atoms with E-state index in [1.807, 2.05) is 24.3 Å². The average Bonchev–Trinajstić information content (AvgIpc) is 2.52. The molecule has 0 aliphatic heterocycles. The molecule has 5 nitrogen and oxygen atoms in total. The largest absolute Gasteiger partial charge is 0.497 e. The second kappa shape index (κ2) is 6.43. The van der Waals surface area contributed by atoms with Gasteiger partial charge in [-0.25, -0.2) is 4.98 Å². The lowest BCUT2D eigenvalue weighted by Crippen LogP contribution is -2.04. The SMILES string of the molecule is COc1ccc(CNc2cccnc2C#N)c(OC)c1. The maximum absolute atomic E-state index is 8.99. The van der Waals surface area contributed by atoms with Crippen LogP contribution < -0.4 is 14.8 Å². The Morgan fingerprint density at radius 2 is 2.10 bits per heavy atom. The number of hydrogen-bond acceptors (Lipinski definition) is 5. The first-order valence-electron chi connectivity index (χ1n) is 6.08. The Hall–Kier alpha value is -2.74. The summed E-state index contributed by atoms with van der Waals surface area (Å²) in [4.78, 5) is 4.00. The molecule has 20 heavy (non-hydrogen) atoms. The van der Waals surface area contributed by atoms with Gasteiger partial charge in [0.05, 0.1) is 19.9 Å². The van der Waals surface area contributed by atoms with Gasteiger partial charge in [0.25, 0.3) is 0 Å². The van der Waals surface area contributed by atoms with E-state index in [4.69, 9.17) is 14.7 Å². The Balaban J connectivity index is 2.17. The highest BCUT2D eigenvalue weighted by Crippen LogP contribution is 2.25. The van der Waals surface area contributed by atoms with E-state index >= 15 is 0 Å². The van der Waals surface area contributed by atoms with Crippen LogP contribution in [0.3, 0.4) is 0 Å². The van der Waals surface area contributed by atoms with Crippen LogP contribution in [0.25, 0.3) is 0 Å². The predicted molar refractivity (Wildman–Crippen MR) is 75.8 cm³/mol. The average molecular weight is 269 g/mol. The lowest BCUT2D eigenvalue weighted by molar-refractivity contribution is 0.391. The molecule has 0 saturated heterocycles. The minimum Gasteiger partial charge on any atom is -0.497 e. The quantitative estimate of drug-likeness (QED) is 0.903. The van der Waals surface area contributed by atoms with E-state index in [0.717, 1.165) is 17.1 Å². The molecule has 0 spiro atoms. The molecular weight excluding hydrogens is 254 g/mol. The fourth-order valence-corrected chi connectivity index (χ4v) is 1.83. The summed E-state index contributed by atoms with van der Waals surface area (Å²) in [6.45, 7) is 0.535. The molecule has 0 atom stereocenters. The Labute approximate surface area is 117 Å². The Morgan fingerprint density at radius 1 is 1.25 bits per heavy atom. The van der Waals surface area contributed by atoms with Gasteiger partial charge in [0.1, 0.15) is 17.6 Å². The smallest absolute Gasteiger partial charge is 0.163 e. The van der Waals surface area contributed by atoms with Crippen molar-refractivity contribution in [2.24, 2.45) is 0 Å². The minimum absolute atomic E-state index is 0.375. The first-order chi connectivity index (χ1) is 9.78. The molecule has 0 saturated carbocycles. The molecule has 0 aliphatic carbocycles. The molecule has 0 aliphatic rings. The van der Waals surface area contributed by atoms with Crippen molar-refractivity contribution in [1.29, 1.82) is 5.26 Å². The molecule has 0 radical (unpaired) electrons. The number of benzene rings is 1. The van der Waals surface area contributed by atoms with Crippen LogP contribution in [0, 0.1) is 11.3 Å². The van der Waals surface area contributed by atoms with Gasteiger partial charge in [0.15, 0.2) is 5.69 Å². The van der Waals surface area contributed by atoms with Crippen LogP contribution in [0.5, 0.6) is 11.5 Å². The number of nitrogens with one attached hydrogen (secondary N) is 1. The lowest BCUT2D eigenvalue weighted by Gasteiger charge is -2.12. The predicted octanol–water partition coefficient (Wildman–Crippen LogP) is 2.58. The molecule has 1 N–H and O–H groups in total. The summed E-state index contributed by atoms with van der Waals surface area (Å²) >= 11 is 0. The van der Waals surface area contributed by atoms with E-state index in [1.165, 1.54) is 0 Å². The van der Waals surface area contributed by atoms with Crippen molar-refractivity contribution in [3.63, 3.8) is 0 Å². The van der Waals surface area contributed by atoms with Crippen molar-refractivity contribution in [2.75, 3.05) is 19.5 Å². The molecule has 2 aromatic rings. The molecule has 1 heterocycles. The van der Waals surface area contributed by atoms with E-state index in [1.54, 1.807) is 26.5 Å². The van der Waals surface area contributed by atoms with Crippen LogP contribution >= 0.6 is 0 Å². The summed E-state index contributed by atoms with van der Waals surface area (Å²) in [5.74, 6) is 1.48. The number of nitrogens with zero attached hydrogens (tertiary/aromatic N) is 2. The van der Waals surface area contributed by atoms with Crippen molar-refractivity contribution < 1.29 is 9.47 Å². The van der Waals surface area contributed by atoms with Gasteiger partial charge in [-0.3, -0.25) is 0 Å². The summed E-state index contributed by atoms with van der Waals surface area (Å²) in [7, 11) is 3.23. The maximum Gasteiger partial charge on any atom is 0.163 e. The van der Waals surface area contributed by atoms with Crippen molar-refractivity contribution in [1.82, 2.24) is 4.98 Å². The van der Waals surface area contributed by atoms with Crippen molar-refractivity contribution in [3.8, 4) is 17.6 Å². The second-order valence-electron chi connectivity index (χ2n) is 4.04. The van der Waals surface area contributed by atoms with Crippen molar-refractivity contribution >= 4 is 5.69 Å². The van der Waals surface area contributed by atoms with Gasteiger partial charge >= 0.3 is 0 Å². The standard InChI is InChI=1S/C15H15N3O2/c1-19-12-6-5-11(15(8-12)20-2)10-18-13-4-3-7-17-14(13)9-16/h3-8,18H,10H2,1-2H3. The third-order valence-corrected chi connectivity index (χ3v) is 2.88. The maximum atomic E-state index is 8.99. The monoisotopic (exact) mass is 269 g/mol. The molecule has 0 amide bonds. The molecule has 1 aromatic heterocycles. The number of pyridine rings is 1. The zero-order chi connectivity index (χ0) is 14.4. The fourth-order valence-electron chi connectivity index (χ4n) is 1.83. The van der Waals surface area contributed by atoms with Crippen LogP contribution in [-0.4, -0.2) is 19.2 Å². The minimum atomic E-state index is 0.375. The number of hydrogen-bond donors (Lipinski definition) is 1. The highest BCUT2D eigenvalue weighted by Gasteiger charge is 2.07. The fraction of sp³-hybridized carbons (Fsp3) is 0.200. The lowest BCUT2D eigenvalue weighted by atomic mass is 10.2. The van der Waals surface area contributed by atoms with E-state index in [2.05, 4.69) is 16.4 Å². The summed E-state index contributed by atoms with van der Waals surface area (Å²) in [5, 5.41) is 12.2. The molecule has 0 fully saturated rings. The van der Waals surface area contributed by atoms with Crippen LogP contribution in [0.4, 0.5) is 5.69 Å². The van der Waals surface area contributed by atoms with Crippen molar-refractivity contribution in [3.05, 3.63) is 47.8 Å². The normalized spacial score (nSPS) is 9.65. The van der Waals surface area contributed by atoms with Gasteiger partial charge in [-0.05, 0) is 24.3 Å². The summed E-state index contributed by atoms with van der Waals surface area (Å²) in [5.41, 5.74) is 2.05. The van der Waals surface area contributed by atoms with Gasteiger partial charge in [-0.15, -0.1) is 0 Å². The molecule has 102 valence electrons. The molecule has 2 rings (SSSR count). The number of anilines is 1. The van der Waals surface area contributed by atoms with Gasteiger partial charge in [0, 0.05) is 24.4 Å². The van der Waals surface area contributed by atoms with Gasteiger partial charge in [-0.1, -0.05) is 0 Å². The van der Waals surface area contributed by atoms with Crippen LogP contribution in [0.15, 0.2) is 36.5 Å². The van der Waals surface area contributed by atoms with Gasteiger partial charge in [0.2, 0.25) is 0 Å². The topological polar surface area (TPSA) is 67.2 Å². The molecular formula is C15H15N3O2. The summed E-state index contributed by atoms with van der Waals surface area (Å²) in [6, 6.07) is 11.3. The van der Waals surface area contributed by atoms with E-state index in [9.17, 15) is 0 Å². The number of rotatable bonds is 5. The summed E-state index contributed by atoms with van der Waals surface area (Å²) < 4.78 is 10.5. The third-order valence-electron chi connectivity index (χ3n) is 2.88. The molecule has 1 aromatic carbocycles.